The Kier molecular flexibility index (Phi) is 27.5. The lowest BCUT2D eigenvalue weighted by atomic mass is 10.0. The Morgan fingerprint density at radius 1 is 0.521 bits per heavy atom. The van der Waals surface area contributed by atoms with Crippen molar-refractivity contribution in [3.05, 3.63) is 180 Å². The summed E-state index contributed by atoms with van der Waals surface area (Å²) in [4.78, 5) is 45.2. The van der Waals surface area contributed by atoms with Crippen molar-refractivity contribution in [3.63, 3.8) is 0 Å². The number of aryl methyl sites for hydroxylation is 3. The maximum absolute atomic E-state index is 12.9. The number of fused-ring (bicyclic) bond motifs is 2. The van der Waals surface area contributed by atoms with Crippen LogP contribution in [0.4, 0.5) is 44.2 Å². The van der Waals surface area contributed by atoms with Gasteiger partial charge in [-0.25, -0.2) is 24.5 Å². The molecule has 5 aromatic carbocycles. The molecule has 0 atom stereocenters. The summed E-state index contributed by atoms with van der Waals surface area (Å²) in [6.07, 6.45) is -9.59. The molecule has 5 heterocycles. The Hall–Kier alpha value is -6.81. The summed E-state index contributed by atoms with van der Waals surface area (Å²) in [7, 11) is 1.00. The van der Waals surface area contributed by atoms with Crippen LogP contribution in [0.5, 0.6) is 11.5 Å². The van der Waals surface area contributed by atoms with E-state index in [9.17, 15) is 54.2 Å². The number of carboxylic acids is 1. The van der Waals surface area contributed by atoms with Crippen LogP contribution in [0.2, 0.25) is 0 Å². The zero-order valence-corrected chi connectivity index (χ0v) is 56.5. The number of esters is 1. The summed E-state index contributed by atoms with van der Waals surface area (Å²) < 4.78 is 131. The Balaban J connectivity index is 0.000000310. The number of hydrogen-bond acceptors (Lipinski definition) is 14. The molecule has 2 aliphatic heterocycles. The first-order chi connectivity index (χ1) is 43.3. The predicted molar refractivity (Wildman–Crippen MR) is 355 cm³/mol. The quantitative estimate of drug-likeness (QED) is 0.0572. The van der Waals surface area contributed by atoms with Gasteiger partial charge in [-0.2, -0.15) is 39.5 Å². The third-order valence-corrected chi connectivity index (χ3v) is 19.6. The topological polar surface area (TPSA) is 147 Å². The van der Waals surface area contributed by atoms with Crippen molar-refractivity contribution in [2.24, 2.45) is 0 Å². The van der Waals surface area contributed by atoms with Gasteiger partial charge >= 0.3 is 30.5 Å². The number of hydrogen-bond donors (Lipinski definition) is 2. The lowest BCUT2D eigenvalue weighted by molar-refractivity contribution is -0.158. The number of thiazole rings is 3. The van der Waals surface area contributed by atoms with E-state index in [0.29, 0.717) is 51.7 Å². The van der Waals surface area contributed by atoms with Gasteiger partial charge in [0.1, 0.15) is 26.5 Å². The number of rotatable bonds is 15. The van der Waals surface area contributed by atoms with Crippen LogP contribution in [0, 0.1) is 20.8 Å². The first kappa shape index (κ1) is 77.9. The van der Waals surface area contributed by atoms with Crippen LogP contribution in [0.3, 0.4) is 0 Å². The summed E-state index contributed by atoms with van der Waals surface area (Å²) in [6, 6.07) is 27.1. The third-order valence-electron chi connectivity index (χ3n) is 15.1. The number of benzene rings is 5. The Morgan fingerprint density at radius 2 is 0.830 bits per heavy atom. The SMILES string of the molecule is C.CCOC(=O)C(C)(C)Oc1ccc2c(c1)CCN(Cc1sc(-c3ccc(C(F)(F)F)cc3)nc1C)CC2.CO.Cc1nc(-c2ccc(C(F)(F)F)cc2)sc1CBr.Cc1nc(-c2ccc(C(F)(F)F)cc2)sc1CN1CCc2ccc(OC(C)(C)C(=O)O)cc2CC1.F.[3H-]. The zero-order chi connectivity index (χ0) is 67.5. The minimum atomic E-state index is -4.35. The molecular formula is C68H77BrF10N5O7S3-. The van der Waals surface area contributed by atoms with Crippen LogP contribution in [0.25, 0.3) is 31.7 Å². The fourth-order valence-corrected chi connectivity index (χ4v) is 13.7. The van der Waals surface area contributed by atoms with E-state index >= 15 is 0 Å². The highest BCUT2D eigenvalue weighted by molar-refractivity contribution is 9.08. The van der Waals surface area contributed by atoms with Crippen LogP contribution in [0.15, 0.2) is 109 Å². The molecule has 512 valence electrons. The molecule has 0 amide bonds. The maximum atomic E-state index is 12.9. The Bertz CT molecular complexity index is 3790. The molecule has 12 nitrogen and oxygen atoms in total. The fraction of sp³-hybridized carbons (Fsp3) is 0.397. The number of halogens is 11. The van der Waals surface area contributed by atoms with E-state index in [-0.39, 0.29) is 13.6 Å². The second kappa shape index (κ2) is 33.2. The van der Waals surface area contributed by atoms with Gasteiger partial charge in [0.2, 0.25) is 0 Å². The number of carboxylic acid groups (broad SMARTS) is 1. The molecule has 10 rings (SSSR count). The minimum Gasteiger partial charge on any atom is -1.00 e. The van der Waals surface area contributed by atoms with Gasteiger partial charge in [-0.3, -0.25) is 14.5 Å². The number of carbonyl (C=O) groups excluding carboxylic acids is 1. The summed E-state index contributed by atoms with van der Waals surface area (Å²) >= 11 is 7.88. The van der Waals surface area contributed by atoms with Crippen LogP contribution < -0.4 is 9.47 Å². The third kappa shape index (κ3) is 20.8. The lowest BCUT2D eigenvalue weighted by Crippen LogP contribution is -2.39. The molecule has 94 heavy (non-hydrogen) atoms. The van der Waals surface area contributed by atoms with Crippen LogP contribution in [0.1, 0.15) is 114 Å². The smallest absolute Gasteiger partial charge is 0.416 e. The van der Waals surface area contributed by atoms with Crippen molar-refractivity contribution in [2.45, 2.75) is 137 Å². The second-order valence-electron chi connectivity index (χ2n) is 22.6. The largest absolute Gasteiger partial charge is 1.00 e. The van der Waals surface area contributed by atoms with Crippen LogP contribution in [-0.4, -0.2) is 98.0 Å². The number of ether oxygens (including phenoxy) is 3. The number of nitrogens with zero attached hydrogens (tertiary/aromatic N) is 5. The Morgan fingerprint density at radius 3 is 1.13 bits per heavy atom. The number of aliphatic carboxylic acids is 1. The van der Waals surface area contributed by atoms with E-state index in [1.807, 2.05) is 51.1 Å². The average Bonchev–Trinajstić information content (AvgIpc) is 1.80. The number of aliphatic hydroxyl groups excluding tert-OH is 1. The highest BCUT2D eigenvalue weighted by Crippen LogP contribution is 2.38. The van der Waals surface area contributed by atoms with Crippen molar-refractivity contribution >= 4 is 61.9 Å². The highest BCUT2D eigenvalue weighted by atomic mass is 79.9. The van der Waals surface area contributed by atoms with Crippen molar-refractivity contribution in [1.29, 1.82) is 0 Å². The summed E-state index contributed by atoms with van der Waals surface area (Å²) in [5.74, 6) is -0.227. The molecule has 0 unspecified atom stereocenters. The lowest BCUT2D eigenvalue weighted by Gasteiger charge is -2.24. The van der Waals surface area contributed by atoms with Gasteiger partial charge in [0.15, 0.2) is 11.2 Å². The molecule has 2 N–H and O–H groups in total. The number of carbonyl (C=O) groups is 2. The average molecular weight is 1440 g/mol. The van der Waals surface area contributed by atoms with E-state index < -0.39 is 58.4 Å². The summed E-state index contributed by atoms with van der Waals surface area (Å²) in [6.45, 7) is 19.2. The molecule has 0 saturated carbocycles. The fourth-order valence-electron chi connectivity index (χ4n) is 9.80. The molecule has 3 aromatic heterocycles. The number of aliphatic hydroxyl groups is 1. The first-order valence-corrected chi connectivity index (χ1v) is 32.8. The number of aromatic nitrogens is 3. The van der Waals surface area contributed by atoms with Gasteiger partial charge in [0.25, 0.3) is 0 Å². The van der Waals surface area contributed by atoms with Gasteiger partial charge in [0, 0.05) is 83.0 Å². The zero-order valence-electron chi connectivity index (χ0n) is 53.5. The standard InChI is InChI=1S/C28H31F3N2O3S.C26H27F3N2O3S.C12H9BrF3NS.CH4O.CH4.FH.H/c1-5-35-26(34)27(3,4)36-23-11-8-19-12-14-33(15-13-21(19)16-23)17-24-18(2)32-25(37-24)20-6-9-22(10-7-20)28(29,30)31;1-16-22(35-23(30-16)18-4-7-20(8-5-18)26(27,28)29)15-31-12-10-17-6-9-21(14-19(17)11-13-31)34-25(2,3)24(32)33;1-7-10(6-13)18-11(17-7)8-2-4-9(5-3-8)12(14,15)16;1-2;;;/h6-11,16H,5,12-15,17H2,1-4H3;4-9,14H,10-13,15H2,1-3H3,(H,32,33);2-5H,6H2,1H3;2H,1H3;1H4;1H;/q;;;;;;-1/i;;;;;;1+2. The van der Waals surface area contributed by atoms with Gasteiger partial charge in [-0.05, 0) is 164 Å². The van der Waals surface area contributed by atoms with Crippen LogP contribution in [-0.2, 0) is 77.0 Å². The second-order valence-corrected chi connectivity index (χ2v) is 26.4. The molecule has 0 saturated heterocycles. The van der Waals surface area contributed by atoms with Crippen molar-refractivity contribution in [3.8, 4) is 43.2 Å². The minimum absolute atomic E-state index is 0. The van der Waals surface area contributed by atoms with Gasteiger partial charge in [0.05, 0.1) is 40.4 Å². The summed E-state index contributed by atoms with van der Waals surface area (Å²) in [5, 5.41) is 19.2. The first-order valence-electron chi connectivity index (χ1n) is 29.2. The normalized spacial score (nSPS) is 13.7. The Labute approximate surface area is 562 Å². The van der Waals surface area contributed by atoms with E-state index in [0.717, 1.165) is 149 Å². The van der Waals surface area contributed by atoms with Gasteiger partial charge in [-0.15, -0.1) is 34.0 Å². The molecular weight excluding hydrogens is 1360 g/mol. The molecule has 2 aliphatic rings. The molecule has 0 spiro atoms. The number of alkyl halides is 10. The van der Waals surface area contributed by atoms with Gasteiger partial charge < -0.3 is 25.9 Å². The van der Waals surface area contributed by atoms with Crippen molar-refractivity contribution < 1.29 is 79.7 Å². The van der Waals surface area contributed by atoms with Crippen molar-refractivity contribution in [1.82, 2.24) is 24.8 Å². The predicted octanol–water partition coefficient (Wildman–Crippen LogP) is 18.0. The molecule has 26 heteroatoms. The molecule has 8 aromatic rings. The van der Waals surface area contributed by atoms with Crippen molar-refractivity contribution in [2.75, 3.05) is 39.9 Å². The van der Waals surface area contributed by atoms with E-state index in [1.54, 1.807) is 20.8 Å². The van der Waals surface area contributed by atoms with E-state index in [4.69, 9.17) is 19.3 Å². The van der Waals surface area contributed by atoms with E-state index in [1.165, 1.54) is 101 Å². The van der Waals surface area contributed by atoms with Gasteiger partial charge in [-0.1, -0.05) is 71.9 Å². The molecule has 0 aliphatic carbocycles. The molecule has 0 radical (unpaired) electrons. The summed E-state index contributed by atoms with van der Waals surface area (Å²) in [5.41, 5.74) is 5.26. The highest BCUT2D eigenvalue weighted by Gasteiger charge is 2.35. The van der Waals surface area contributed by atoms with E-state index in [2.05, 4.69) is 46.7 Å². The molecule has 0 bridgehead atoms. The monoisotopic (exact) mass is 1440 g/mol. The molecule has 0 fully saturated rings. The maximum Gasteiger partial charge on any atom is 0.416 e. The van der Waals surface area contributed by atoms with Crippen LogP contribution >= 0.6 is 49.9 Å².